The minimum atomic E-state index is -2.22. The van der Waals surface area contributed by atoms with E-state index in [-0.39, 0.29) is 56.5 Å². The third-order valence-corrected chi connectivity index (χ3v) is 13.3. The fourth-order valence-electron chi connectivity index (χ4n) is 8.96. The van der Waals surface area contributed by atoms with E-state index in [4.69, 9.17) is 25.2 Å². The van der Waals surface area contributed by atoms with Crippen molar-refractivity contribution in [2.24, 2.45) is 22.1 Å². The van der Waals surface area contributed by atoms with Crippen molar-refractivity contribution >= 4 is 57.8 Å². The number of amides is 4. The number of aliphatic hydroxyl groups is 1. The van der Waals surface area contributed by atoms with Crippen molar-refractivity contribution in [1.29, 1.82) is 0 Å². The number of likely N-dealkylation sites (tertiary alicyclic amines) is 1. The summed E-state index contributed by atoms with van der Waals surface area (Å²) in [6.45, 7) is 19.4. The first-order chi connectivity index (χ1) is 29.9. The molecule has 6 bridgehead atoms. The van der Waals surface area contributed by atoms with Crippen LogP contribution in [0.1, 0.15) is 84.0 Å². The van der Waals surface area contributed by atoms with E-state index >= 15 is 0 Å². The SMILES string of the molecule is C=C/C(=C(\N=C/C)[C@H](C)OC)c1c2c3cc(ccc3n1CC)-c1csc(n1)C[C@H](NC(=O)[C@H](C(C)C)N(C)C(=O)N1CC[C@@H]1CN)C(=O)N1CCC[C@@](O)(N1)C(=O)OCC(C)(C)C2. The first kappa shape index (κ1) is 47.5. The fourth-order valence-corrected chi connectivity index (χ4v) is 9.81. The molecule has 2 aromatic heterocycles. The topological polar surface area (TPSA) is 197 Å². The molecule has 0 radical (unpaired) electrons. The first-order valence-corrected chi connectivity index (χ1v) is 22.8. The molecule has 5 heterocycles. The molecule has 1 aromatic carbocycles. The van der Waals surface area contributed by atoms with Gasteiger partial charge in [-0.1, -0.05) is 46.4 Å². The number of nitrogens with one attached hydrogen (secondary N) is 2. The fraction of sp³-hybridized carbons (Fsp3) is 0.565. The third-order valence-electron chi connectivity index (χ3n) is 12.4. The third kappa shape index (κ3) is 9.63. The monoisotopic (exact) mass is 887 g/mol. The largest absolute Gasteiger partial charge is 0.462 e. The van der Waals surface area contributed by atoms with Crippen LogP contribution in [-0.2, 0) is 43.2 Å². The second-order valence-electron chi connectivity index (χ2n) is 17.9. The minimum Gasteiger partial charge on any atom is -0.462 e. The molecule has 6 rings (SSSR count). The Balaban J connectivity index is 1.47. The molecule has 3 aromatic rings. The van der Waals surface area contributed by atoms with Crippen LogP contribution in [0.25, 0.3) is 27.7 Å². The number of carbonyl (C=O) groups is 4. The minimum absolute atomic E-state index is 0.00405. The lowest BCUT2D eigenvalue weighted by Gasteiger charge is -2.44. The normalized spacial score (nSPS) is 23.2. The Labute approximate surface area is 374 Å². The Hall–Kier alpha value is -4.94. The molecule has 5 atom stereocenters. The summed E-state index contributed by atoms with van der Waals surface area (Å²) in [7, 11) is 3.23. The number of methoxy groups -OCH3 is 1. The molecule has 0 spiro atoms. The van der Waals surface area contributed by atoms with E-state index in [2.05, 4.69) is 40.9 Å². The number of nitrogens with two attached hydrogens (primary N) is 1. The highest BCUT2D eigenvalue weighted by Crippen LogP contribution is 2.40. The van der Waals surface area contributed by atoms with Gasteiger partial charge in [0.2, 0.25) is 11.6 Å². The van der Waals surface area contributed by atoms with Crippen molar-refractivity contribution in [2.75, 3.05) is 40.4 Å². The molecule has 17 heteroatoms. The molecule has 342 valence electrons. The average Bonchev–Trinajstić information content (AvgIpc) is 3.83. The zero-order valence-corrected chi connectivity index (χ0v) is 39.0. The molecule has 0 saturated carbocycles. The number of carbonyl (C=O) groups excluding carboxylic acids is 4. The number of ether oxygens (including phenoxy) is 2. The number of aliphatic imine (C=N–C) groups is 1. The number of hydrazine groups is 1. The smallest absolute Gasteiger partial charge is 0.355 e. The summed E-state index contributed by atoms with van der Waals surface area (Å²) in [6.07, 6.45) is 4.74. The Kier molecular flexibility index (Phi) is 14.7. The Morgan fingerprint density at radius 1 is 1.25 bits per heavy atom. The van der Waals surface area contributed by atoms with Crippen molar-refractivity contribution in [1.82, 2.24) is 35.1 Å². The average molecular weight is 888 g/mol. The number of allylic oxidation sites excluding steroid dienone is 2. The van der Waals surface area contributed by atoms with Gasteiger partial charge >= 0.3 is 12.0 Å². The number of hydrogen-bond donors (Lipinski definition) is 4. The van der Waals surface area contributed by atoms with Crippen LogP contribution < -0.4 is 16.5 Å². The molecule has 0 unspecified atom stereocenters. The molecule has 5 N–H and O–H groups in total. The lowest BCUT2D eigenvalue weighted by molar-refractivity contribution is -0.189. The highest BCUT2D eigenvalue weighted by Gasteiger charge is 2.46. The van der Waals surface area contributed by atoms with Gasteiger partial charge in [0.15, 0.2) is 0 Å². The summed E-state index contributed by atoms with van der Waals surface area (Å²) >= 11 is 1.36. The molecule has 63 heavy (non-hydrogen) atoms. The maximum atomic E-state index is 14.6. The highest BCUT2D eigenvalue weighted by atomic mass is 32.1. The van der Waals surface area contributed by atoms with Crippen LogP contribution >= 0.6 is 11.3 Å². The number of likely N-dealkylation sites (N-methyl/N-ethyl adjacent to an activating group) is 1. The number of urea groups is 1. The van der Waals surface area contributed by atoms with E-state index in [0.717, 1.165) is 45.4 Å². The van der Waals surface area contributed by atoms with E-state index < -0.39 is 41.0 Å². The van der Waals surface area contributed by atoms with Gasteiger partial charge in [-0.05, 0) is 63.6 Å². The molecule has 2 fully saturated rings. The standard InChI is InChI=1S/C46H65N9O7S/c1-11-31(38(48-12-2)28(6)61-10)40-33-23-45(7,8)26-62-43(58)46(60)18-14-19-55(51-46)42(57)34(50-41(56)39(27(4)5)52(9)44(59)54-20-17-30(54)24-47)22-37-49-35(25-63-37)29-15-16-36(32(33)21-29)53(40)13-3/h11-12,15-16,21,25,27-28,30,34,39,51,60H,1,13-14,17-20,22-24,26,47H2,2-10H3,(H,50,56)/b38-31+,48-12-/t28-,30+,34-,39-,46-/m0/s1. The van der Waals surface area contributed by atoms with E-state index in [1.165, 1.54) is 21.2 Å². The maximum absolute atomic E-state index is 14.6. The lowest BCUT2D eigenvalue weighted by Crippen LogP contribution is -2.67. The van der Waals surface area contributed by atoms with Gasteiger partial charge in [0.05, 0.1) is 34.8 Å². The zero-order chi connectivity index (χ0) is 46.0. The van der Waals surface area contributed by atoms with Crippen LogP contribution in [0.5, 0.6) is 0 Å². The highest BCUT2D eigenvalue weighted by molar-refractivity contribution is 7.10. The van der Waals surface area contributed by atoms with Gasteiger partial charge in [-0.2, -0.15) is 5.43 Å². The summed E-state index contributed by atoms with van der Waals surface area (Å²) in [4.78, 5) is 69.3. The number of nitrogens with zero attached hydrogens (tertiary/aromatic N) is 6. The predicted molar refractivity (Wildman–Crippen MR) is 246 cm³/mol. The number of thiazole rings is 1. The number of aromatic nitrogens is 2. The van der Waals surface area contributed by atoms with Crippen LogP contribution in [0.4, 0.5) is 4.79 Å². The molecule has 0 aliphatic carbocycles. The molecular weight excluding hydrogens is 823 g/mol. The molecule has 4 amide bonds. The number of fused-ring (bicyclic) bond motifs is 6. The van der Waals surface area contributed by atoms with Crippen molar-refractivity contribution in [3.63, 3.8) is 0 Å². The summed E-state index contributed by atoms with van der Waals surface area (Å²) < 4.78 is 14.0. The quantitative estimate of drug-likeness (QED) is 0.117. The van der Waals surface area contributed by atoms with Crippen molar-refractivity contribution in [3.05, 3.63) is 58.2 Å². The Morgan fingerprint density at radius 3 is 2.62 bits per heavy atom. The predicted octanol–water partition coefficient (Wildman–Crippen LogP) is 4.89. The van der Waals surface area contributed by atoms with E-state index in [9.17, 15) is 24.3 Å². The number of hydrogen-bond acceptors (Lipinski definition) is 12. The Bertz CT molecular complexity index is 2280. The van der Waals surface area contributed by atoms with E-state index in [1.807, 2.05) is 59.1 Å². The summed E-state index contributed by atoms with van der Waals surface area (Å²) in [5.41, 5.74) is 11.8. The molecule has 2 saturated heterocycles. The van der Waals surface area contributed by atoms with Gasteiger partial charge in [0, 0.05) is 98.3 Å². The van der Waals surface area contributed by atoms with Gasteiger partial charge in [0.1, 0.15) is 12.1 Å². The van der Waals surface area contributed by atoms with Crippen LogP contribution in [-0.4, -0.2) is 130 Å². The van der Waals surface area contributed by atoms with Crippen LogP contribution in [0.15, 0.2) is 46.9 Å². The molecule has 16 nitrogen and oxygen atoms in total. The number of benzene rings is 1. The summed E-state index contributed by atoms with van der Waals surface area (Å²) in [5, 5.41) is 19.4. The van der Waals surface area contributed by atoms with Gasteiger partial charge in [-0.15, -0.1) is 11.3 Å². The summed E-state index contributed by atoms with van der Waals surface area (Å²) in [5.74, 6) is -2.33. The molecule has 3 aliphatic heterocycles. The number of esters is 1. The van der Waals surface area contributed by atoms with Crippen LogP contribution in [0.2, 0.25) is 0 Å². The number of cyclic esters (lactones) is 1. The van der Waals surface area contributed by atoms with Crippen LogP contribution in [0.3, 0.4) is 0 Å². The van der Waals surface area contributed by atoms with Crippen molar-refractivity contribution in [3.8, 4) is 11.3 Å². The van der Waals surface area contributed by atoms with Gasteiger partial charge < -0.3 is 40.0 Å². The van der Waals surface area contributed by atoms with E-state index in [1.54, 1.807) is 25.3 Å². The summed E-state index contributed by atoms with van der Waals surface area (Å²) in [6, 6.07) is 3.72. The number of rotatable bonds is 11. The first-order valence-electron chi connectivity index (χ1n) is 21.9. The zero-order valence-electron chi connectivity index (χ0n) is 38.2. The molecule has 3 aliphatic rings. The van der Waals surface area contributed by atoms with Crippen molar-refractivity contribution < 1.29 is 33.8 Å². The van der Waals surface area contributed by atoms with Crippen LogP contribution in [0, 0.1) is 11.3 Å². The lowest BCUT2D eigenvalue weighted by atomic mass is 9.84. The van der Waals surface area contributed by atoms with E-state index in [0.29, 0.717) is 36.8 Å². The van der Waals surface area contributed by atoms with Gasteiger partial charge in [0.25, 0.3) is 5.91 Å². The number of aryl methyl sites for hydroxylation is 1. The molecular formula is C46H65N9O7S. The maximum Gasteiger partial charge on any atom is 0.355 e. The van der Waals surface area contributed by atoms with Gasteiger partial charge in [-0.3, -0.25) is 19.6 Å². The van der Waals surface area contributed by atoms with Crippen molar-refractivity contribution in [2.45, 2.75) is 117 Å². The second-order valence-corrected chi connectivity index (χ2v) is 18.8. The van der Waals surface area contributed by atoms with Gasteiger partial charge in [-0.25, -0.2) is 14.6 Å². The second kappa shape index (κ2) is 19.4. The Morgan fingerprint density at radius 2 is 2.00 bits per heavy atom.